The van der Waals surface area contributed by atoms with Crippen molar-refractivity contribution in [1.82, 2.24) is 4.72 Å². The summed E-state index contributed by atoms with van der Waals surface area (Å²) in [5, 5.41) is 0.132. The number of hydrogen-bond acceptors (Lipinski definition) is 4. The zero-order valence-electron chi connectivity index (χ0n) is 10.3. The molecule has 0 aliphatic heterocycles. The Morgan fingerprint density at radius 1 is 1.25 bits per heavy atom. The largest absolute Gasteiger partial charge is 0.469 e. The van der Waals surface area contributed by atoms with Crippen LogP contribution in [0.25, 0.3) is 0 Å². The maximum Gasteiger partial charge on any atom is 0.242 e. The normalized spacial score (nSPS) is 11.7. The van der Waals surface area contributed by atoms with Crippen molar-refractivity contribution in [1.29, 1.82) is 0 Å². The number of nitrogens with two attached hydrogens (primary N) is 1. The van der Waals surface area contributed by atoms with Crippen molar-refractivity contribution < 1.29 is 12.8 Å². The highest BCUT2D eigenvalue weighted by molar-refractivity contribution is 7.89. The second-order valence-corrected chi connectivity index (χ2v) is 6.52. The molecule has 1 aromatic carbocycles. The maximum absolute atomic E-state index is 12.1. The first kappa shape index (κ1) is 15.2. The Bertz CT molecular complexity index is 700. The quantitative estimate of drug-likeness (QED) is 0.823. The van der Waals surface area contributed by atoms with Crippen molar-refractivity contribution >= 4 is 38.9 Å². The first-order chi connectivity index (χ1) is 9.42. The van der Waals surface area contributed by atoms with Crippen molar-refractivity contribution in [2.24, 2.45) is 0 Å². The average Bonchev–Trinajstić information content (AvgIpc) is 2.88. The molecule has 0 aliphatic rings. The summed E-state index contributed by atoms with van der Waals surface area (Å²) in [6, 6.07) is 6.21. The standard InChI is InChI=1S/C12H12Cl2N2O3S/c13-9-3-4-10(11(14)12(9)15)20(17,18)16-6-5-8-2-1-7-19-8/h1-4,7,16H,5-6,15H2. The maximum atomic E-state index is 12.1. The van der Waals surface area contributed by atoms with Gasteiger partial charge in [-0.05, 0) is 24.3 Å². The third kappa shape index (κ3) is 3.27. The van der Waals surface area contributed by atoms with E-state index in [9.17, 15) is 8.42 Å². The second-order valence-electron chi connectivity index (χ2n) is 4.00. The van der Waals surface area contributed by atoms with Gasteiger partial charge in [-0.2, -0.15) is 0 Å². The number of nitrogens with one attached hydrogen (secondary N) is 1. The van der Waals surface area contributed by atoms with Gasteiger partial charge in [0.25, 0.3) is 0 Å². The lowest BCUT2D eigenvalue weighted by atomic mass is 10.3. The van der Waals surface area contributed by atoms with Gasteiger partial charge in [0.05, 0.1) is 22.0 Å². The Kier molecular flexibility index (Phi) is 4.59. The Hall–Kier alpha value is -1.21. The van der Waals surface area contributed by atoms with Crippen LogP contribution in [0.4, 0.5) is 5.69 Å². The molecule has 0 spiro atoms. The molecule has 20 heavy (non-hydrogen) atoms. The van der Waals surface area contributed by atoms with Crippen LogP contribution in [0, 0.1) is 0 Å². The average molecular weight is 335 g/mol. The molecule has 0 atom stereocenters. The van der Waals surface area contributed by atoms with Crippen LogP contribution >= 0.6 is 23.2 Å². The molecule has 0 bridgehead atoms. The third-order valence-electron chi connectivity index (χ3n) is 2.62. The predicted molar refractivity (Wildman–Crippen MR) is 78.5 cm³/mol. The molecule has 0 saturated heterocycles. The minimum absolute atomic E-state index is 0.0437. The van der Waals surface area contributed by atoms with Crippen molar-refractivity contribution in [2.45, 2.75) is 11.3 Å². The van der Waals surface area contributed by atoms with E-state index >= 15 is 0 Å². The van der Waals surface area contributed by atoms with E-state index in [-0.39, 0.29) is 27.2 Å². The zero-order chi connectivity index (χ0) is 14.8. The lowest BCUT2D eigenvalue weighted by Crippen LogP contribution is -2.26. The third-order valence-corrected chi connectivity index (χ3v) is 4.98. The molecular weight excluding hydrogens is 323 g/mol. The predicted octanol–water partition coefficient (Wildman–Crippen LogP) is 2.69. The van der Waals surface area contributed by atoms with E-state index in [4.69, 9.17) is 33.4 Å². The first-order valence-corrected chi connectivity index (χ1v) is 7.91. The van der Waals surface area contributed by atoms with Gasteiger partial charge in [0.1, 0.15) is 10.7 Å². The summed E-state index contributed by atoms with van der Waals surface area (Å²) in [5.41, 5.74) is 5.66. The lowest BCUT2D eigenvalue weighted by molar-refractivity contribution is 0.506. The number of anilines is 1. The second kappa shape index (κ2) is 6.05. The number of sulfonamides is 1. The fourth-order valence-electron chi connectivity index (χ4n) is 1.60. The molecule has 0 fully saturated rings. The summed E-state index contributed by atoms with van der Waals surface area (Å²) < 4.78 is 31.8. The van der Waals surface area contributed by atoms with Crippen LogP contribution in [0.3, 0.4) is 0 Å². The van der Waals surface area contributed by atoms with Gasteiger partial charge in [0, 0.05) is 13.0 Å². The molecule has 0 amide bonds. The van der Waals surface area contributed by atoms with Gasteiger partial charge in [-0.3, -0.25) is 0 Å². The number of furan rings is 1. The smallest absolute Gasteiger partial charge is 0.242 e. The molecule has 0 saturated carbocycles. The highest BCUT2D eigenvalue weighted by Gasteiger charge is 2.20. The molecule has 0 radical (unpaired) electrons. The van der Waals surface area contributed by atoms with E-state index in [2.05, 4.69) is 4.72 Å². The fourth-order valence-corrected chi connectivity index (χ4v) is 3.39. The number of benzene rings is 1. The zero-order valence-corrected chi connectivity index (χ0v) is 12.6. The summed E-state index contributed by atoms with van der Waals surface area (Å²) in [6.07, 6.45) is 1.97. The van der Waals surface area contributed by atoms with E-state index in [1.54, 1.807) is 12.1 Å². The Labute approximate surface area is 126 Å². The SMILES string of the molecule is Nc1c(Cl)ccc(S(=O)(=O)NCCc2ccco2)c1Cl. The lowest BCUT2D eigenvalue weighted by Gasteiger charge is -2.10. The molecule has 8 heteroatoms. The van der Waals surface area contributed by atoms with Gasteiger partial charge in [-0.25, -0.2) is 13.1 Å². The molecule has 108 valence electrons. The minimum atomic E-state index is -3.75. The molecule has 5 nitrogen and oxygen atoms in total. The van der Waals surface area contributed by atoms with Gasteiger partial charge < -0.3 is 10.2 Å². The molecule has 2 aromatic rings. The van der Waals surface area contributed by atoms with E-state index in [1.165, 1.54) is 18.4 Å². The van der Waals surface area contributed by atoms with Crippen LogP contribution in [0.1, 0.15) is 5.76 Å². The van der Waals surface area contributed by atoms with Crippen LogP contribution < -0.4 is 10.5 Å². The van der Waals surface area contributed by atoms with E-state index in [0.717, 1.165) is 0 Å². The van der Waals surface area contributed by atoms with Crippen LogP contribution in [0.2, 0.25) is 10.0 Å². The van der Waals surface area contributed by atoms with Crippen molar-refractivity contribution in [3.8, 4) is 0 Å². The Morgan fingerprint density at radius 3 is 2.65 bits per heavy atom. The molecule has 0 unspecified atom stereocenters. The van der Waals surface area contributed by atoms with Crippen LogP contribution in [-0.2, 0) is 16.4 Å². The van der Waals surface area contributed by atoms with Crippen LogP contribution in [0.15, 0.2) is 39.8 Å². The molecule has 0 aliphatic carbocycles. The van der Waals surface area contributed by atoms with Crippen LogP contribution in [0.5, 0.6) is 0 Å². The van der Waals surface area contributed by atoms with Gasteiger partial charge in [-0.1, -0.05) is 23.2 Å². The van der Waals surface area contributed by atoms with E-state index in [0.29, 0.717) is 12.2 Å². The first-order valence-electron chi connectivity index (χ1n) is 5.67. The Morgan fingerprint density at radius 2 is 2.00 bits per heavy atom. The van der Waals surface area contributed by atoms with E-state index < -0.39 is 10.0 Å². The summed E-state index contributed by atoms with van der Waals surface area (Å²) >= 11 is 11.7. The summed E-state index contributed by atoms with van der Waals surface area (Å²) in [5.74, 6) is 0.689. The van der Waals surface area contributed by atoms with Crippen molar-refractivity contribution in [3.63, 3.8) is 0 Å². The minimum Gasteiger partial charge on any atom is -0.469 e. The molecular formula is C12H12Cl2N2O3S. The highest BCUT2D eigenvalue weighted by Crippen LogP contribution is 2.32. The van der Waals surface area contributed by atoms with Crippen LogP contribution in [-0.4, -0.2) is 15.0 Å². The number of rotatable bonds is 5. The summed E-state index contributed by atoms with van der Waals surface area (Å²) in [7, 11) is -3.75. The highest BCUT2D eigenvalue weighted by atomic mass is 35.5. The van der Waals surface area contributed by atoms with Gasteiger partial charge in [0.15, 0.2) is 0 Å². The number of halogens is 2. The van der Waals surface area contributed by atoms with E-state index in [1.807, 2.05) is 0 Å². The molecule has 3 N–H and O–H groups in total. The number of nitrogen functional groups attached to an aromatic ring is 1. The summed E-state index contributed by atoms with van der Waals surface area (Å²) in [4.78, 5) is -0.0967. The molecule has 2 rings (SSSR count). The van der Waals surface area contributed by atoms with Crippen molar-refractivity contribution in [2.75, 3.05) is 12.3 Å². The number of hydrogen-bond donors (Lipinski definition) is 2. The van der Waals surface area contributed by atoms with Crippen molar-refractivity contribution in [3.05, 3.63) is 46.3 Å². The molecule has 1 heterocycles. The van der Waals surface area contributed by atoms with Gasteiger partial charge >= 0.3 is 0 Å². The topological polar surface area (TPSA) is 85.3 Å². The van der Waals surface area contributed by atoms with Gasteiger partial charge in [0.2, 0.25) is 10.0 Å². The summed E-state index contributed by atoms with van der Waals surface area (Å²) in [6.45, 7) is 0.189. The molecule has 1 aromatic heterocycles. The fraction of sp³-hybridized carbons (Fsp3) is 0.167. The van der Waals surface area contributed by atoms with Gasteiger partial charge in [-0.15, -0.1) is 0 Å². The monoisotopic (exact) mass is 334 g/mol. The Balaban J connectivity index is 2.12.